The Kier molecular flexibility index (Phi) is 7.15. The first-order valence-electron chi connectivity index (χ1n) is 13.9. The number of hydrogen-bond donors (Lipinski definition) is 0. The largest absolute Gasteiger partial charge is 0.393 e. The lowest BCUT2D eigenvalue weighted by molar-refractivity contribution is -0.159. The molecule has 4 rings (SSSR count). The van der Waals surface area contributed by atoms with E-state index in [0.29, 0.717) is 5.41 Å². The molecule has 0 aromatic carbocycles. The number of allylic oxidation sites excluding steroid dienone is 1. The molecule has 184 valence electrons. The second-order valence-corrected chi connectivity index (χ2v) is 18.4. The Labute approximate surface area is 200 Å². The first-order valence-corrected chi connectivity index (χ1v) is 17.3. The monoisotopic (exact) mass is 460 g/mol. The molecule has 0 unspecified atom stereocenters. The number of hydrogen-bond acceptors (Lipinski definition) is 2. The van der Waals surface area contributed by atoms with E-state index in [1.165, 1.54) is 51.4 Å². The van der Waals surface area contributed by atoms with Crippen molar-refractivity contribution in [1.29, 1.82) is 0 Å². The van der Waals surface area contributed by atoms with Crippen LogP contribution >= 0.6 is 0 Å². The van der Waals surface area contributed by atoms with Crippen LogP contribution in [-0.2, 0) is 9.16 Å². The molecule has 0 spiro atoms. The van der Waals surface area contributed by atoms with Crippen molar-refractivity contribution in [2.45, 2.75) is 118 Å². The van der Waals surface area contributed by atoms with Gasteiger partial charge in [0, 0.05) is 11.8 Å². The third-order valence-corrected chi connectivity index (χ3v) is 11.2. The molecule has 0 bridgehead atoms. The number of fused-ring (bicyclic) bond motifs is 5. The van der Waals surface area contributed by atoms with Crippen LogP contribution in [0.3, 0.4) is 0 Å². The van der Waals surface area contributed by atoms with Gasteiger partial charge in [-0.1, -0.05) is 65.5 Å². The maximum Gasteiger partial charge on any atom is 0.187 e. The normalized spacial score (nSPS) is 42.8. The van der Waals surface area contributed by atoms with Crippen molar-refractivity contribution in [1.82, 2.24) is 0 Å². The number of ether oxygens (including phenoxy) is 1. The molecule has 3 fully saturated rings. The first-order chi connectivity index (χ1) is 14.9. The van der Waals surface area contributed by atoms with E-state index in [2.05, 4.69) is 60.3 Å². The Morgan fingerprint density at radius 3 is 2.50 bits per heavy atom. The maximum absolute atomic E-state index is 6.41. The van der Waals surface area contributed by atoms with Gasteiger partial charge in [0.2, 0.25) is 0 Å². The van der Waals surface area contributed by atoms with Crippen LogP contribution in [0.4, 0.5) is 0 Å². The van der Waals surface area contributed by atoms with Gasteiger partial charge in [0.25, 0.3) is 0 Å². The van der Waals surface area contributed by atoms with Gasteiger partial charge in [-0.05, 0) is 92.7 Å². The predicted molar refractivity (Wildman–Crippen MR) is 138 cm³/mol. The van der Waals surface area contributed by atoms with E-state index in [1.54, 1.807) is 5.57 Å². The van der Waals surface area contributed by atoms with Crippen LogP contribution in [0.25, 0.3) is 0 Å². The minimum absolute atomic E-state index is 0.00560. The van der Waals surface area contributed by atoms with Crippen LogP contribution in [0, 0.1) is 46.3 Å². The molecule has 2 saturated carbocycles. The van der Waals surface area contributed by atoms with Crippen molar-refractivity contribution < 1.29 is 9.16 Å². The summed E-state index contributed by atoms with van der Waals surface area (Å²) in [5.74, 6) is 5.28. The van der Waals surface area contributed by atoms with Crippen LogP contribution in [0.2, 0.25) is 19.6 Å². The molecule has 4 aliphatic rings. The fraction of sp³-hybridized carbons (Fsp3) is 0.931. The zero-order chi connectivity index (χ0) is 23.3. The van der Waals surface area contributed by atoms with Crippen LogP contribution in [0.1, 0.15) is 92.4 Å². The molecule has 32 heavy (non-hydrogen) atoms. The lowest BCUT2D eigenvalue weighted by Crippen LogP contribution is -2.53. The molecule has 1 aliphatic heterocycles. The minimum atomic E-state index is -1.57. The Hall–Kier alpha value is -0.123. The SMILES string of the molecule is CC(C)CCC[C@@H](C)[C@H]1CC[C@H]2[C@@H]3CC=C4C[C@@H](O[Si](C)(C)C)OC[C@]4(C)[C@H]3CC[C@]12C. The van der Waals surface area contributed by atoms with Gasteiger partial charge in [-0.15, -0.1) is 0 Å². The van der Waals surface area contributed by atoms with Crippen LogP contribution in [0.15, 0.2) is 11.6 Å². The lowest BCUT2D eigenvalue weighted by atomic mass is 9.48. The molecule has 0 aromatic rings. The average Bonchev–Trinajstić information content (AvgIpc) is 3.04. The fourth-order valence-corrected chi connectivity index (χ4v) is 9.61. The quantitative estimate of drug-likeness (QED) is 0.280. The van der Waals surface area contributed by atoms with Gasteiger partial charge in [0.1, 0.15) is 0 Å². The molecule has 3 aliphatic carbocycles. The van der Waals surface area contributed by atoms with E-state index in [1.807, 2.05) is 0 Å². The summed E-state index contributed by atoms with van der Waals surface area (Å²) < 4.78 is 12.8. The van der Waals surface area contributed by atoms with Crippen LogP contribution < -0.4 is 0 Å². The molecule has 0 aromatic heterocycles. The molecule has 0 N–H and O–H groups in total. The van der Waals surface area contributed by atoms with E-state index in [0.717, 1.165) is 48.5 Å². The van der Waals surface area contributed by atoms with Gasteiger partial charge in [-0.25, -0.2) is 0 Å². The molecule has 0 amide bonds. The van der Waals surface area contributed by atoms with Crippen molar-refractivity contribution in [2.24, 2.45) is 46.3 Å². The van der Waals surface area contributed by atoms with Gasteiger partial charge in [-0.2, -0.15) is 0 Å². The summed E-state index contributed by atoms with van der Waals surface area (Å²) in [6.45, 7) is 20.3. The smallest absolute Gasteiger partial charge is 0.187 e. The molecule has 1 saturated heterocycles. The number of rotatable bonds is 7. The second-order valence-electron chi connectivity index (χ2n) is 14.0. The first kappa shape index (κ1) is 25.0. The average molecular weight is 461 g/mol. The van der Waals surface area contributed by atoms with Gasteiger partial charge >= 0.3 is 0 Å². The summed E-state index contributed by atoms with van der Waals surface area (Å²) in [5, 5.41) is 0. The molecule has 1 heterocycles. The Morgan fingerprint density at radius 2 is 1.81 bits per heavy atom. The zero-order valence-corrected chi connectivity index (χ0v) is 23.5. The van der Waals surface area contributed by atoms with E-state index < -0.39 is 8.32 Å². The van der Waals surface area contributed by atoms with E-state index >= 15 is 0 Å². The summed E-state index contributed by atoms with van der Waals surface area (Å²) in [7, 11) is -1.57. The van der Waals surface area contributed by atoms with Gasteiger partial charge in [0.15, 0.2) is 14.6 Å². The van der Waals surface area contributed by atoms with E-state index in [4.69, 9.17) is 9.16 Å². The summed E-state index contributed by atoms with van der Waals surface area (Å²) in [4.78, 5) is 0. The summed E-state index contributed by atoms with van der Waals surface area (Å²) in [5.41, 5.74) is 2.47. The van der Waals surface area contributed by atoms with Gasteiger partial charge in [0.05, 0.1) is 6.61 Å². The molecular formula is C29H52O2Si. The third-order valence-electron chi connectivity index (χ3n) is 10.3. The molecule has 0 radical (unpaired) electrons. The molecule has 8 atom stereocenters. The summed E-state index contributed by atoms with van der Waals surface area (Å²) in [6, 6.07) is 0. The lowest BCUT2D eigenvalue weighted by Gasteiger charge is -2.58. The van der Waals surface area contributed by atoms with E-state index in [9.17, 15) is 0 Å². The van der Waals surface area contributed by atoms with Crippen molar-refractivity contribution in [3.05, 3.63) is 11.6 Å². The highest BCUT2D eigenvalue weighted by Gasteiger charge is 2.59. The van der Waals surface area contributed by atoms with Crippen LogP contribution in [-0.4, -0.2) is 21.2 Å². The standard InChI is InChI=1S/C29H52O2Si/c1-20(2)10-9-11-21(3)24-14-15-25-23-13-12-22-18-27(31-32(6,7)8)30-19-29(22,5)26(23)16-17-28(24,25)4/h12,20-21,23-27H,9-11,13-19H2,1-8H3/t21-,23+,24-,25+,26+,27-,28-,29+/m1/s1. The van der Waals surface area contributed by atoms with Crippen molar-refractivity contribution >= 4 is 8.32 Å². The third kappa shape index (κ3) is 4.69. The fourth-order valence-electron chi connectivity index (χ4n) is 8.67. The van der Waals surface area contributed by atoms with Crippen molar-refractivity contribution in [3.63, 3.8) is 0 Å². The van der Waals surface area contributed by atoms with Crippen molar-refractivity contribution in [2.75, 3.05) is 6.61 Å². The zero-order valence-electron chi connectivity index (χ0n) is 22.5. The minimum Gasteiger partial charge on any atom is -0.393 e. The van der Waals surface area contributed by atoms with Crippen molar-refractivity contribution in [3.8, 4) is 0 Å². The topological polar surface area (TPSA) is 18.5 Å². The van der Waals surface area contributed by atoms with E-state index in [-0.39, 0.29) is 11.7 Å². The molecular weight excluding hydrogens is 408 g/mol. The Balaban J connectivity index is 1.46. The second kappa shape index (κ2) is 9.15. The highest BCUT2D eigenvalue weighted by molar-refractivity contribution is 6.69. The summed E-state index contributed by atoms with van der Waals surface area (Å²) >= 11 is 0. The highest BCUT2D eigenvalue weighted by Crippen LogP contribution is 2.66. The predicted octanol–water partition coefficient (Wildman–Crippen LogP) is 8.44. The van der Waals surface area contributed by atoms with Gasteiger partial charge in [-0.3, -0.25) is 0 Å². The van der Waals surface area contributed by atoms with Gasteiger partial charge < -0.3 is 9.16 Å². The summed E-state index contributed by atoms with van der Waals surface area (Å²) in [6.07, 6.45) is 15.0. The maximum atomic E-state index is 6.41. The Bertz CT molecular complexity index is 694. The molecule has 2 nitrogen and oxygen atoms in total. The highest BCUT2D eigenvalue weighted by atomic mass is 28.4. The Morgan fingerprint density at radius 1 is 1.06 bits per heavy atom. The molecule has 3 heteroatoms. The van der Waals surface area contributed by atoms with Crippen LogP contribution in [0.5, 0.6) is 0 Å².